The predicted octanol–water partition coefficient (Wildman–Crippen LogP) is 1.52. The molecule has 0 aliphatic rings. The van der Waals surface area contributed by atoms with Crippen LogP contribution in [-0.2, 0) is 4.79 Å². The minimum absolute atomic E-state index is 0.120. The highest BCUT2D eigenvalue weighted by Gasteiger charge is 2.01. The summed E-state index contributed by atoms with van der Waals surface area (Å²) in [6, 6.07) is 0.259. The van der Waals surface area contributed by atoms with E-state index in [-0.39, 0.29) is 11.9 Å². The first-order chi connectivity index (χ1) is 4.66. The number of amides is 1. The normalized spacial score (nSPS) is 10.0. The monoisotopic (exact) mass is 179 g/mol. The minimum atomic E-state index is 0.120. The van der Waals surface area contributed by atoms with Crippen molar-refractivity contribution in [2.75, 3.05) is 12.0 Å². The molecule has 0 rings (SSSR count). The molecule has 0 heterocycles. The van der Waals surface area contributed by atoms with Crippen LogP contribution in [0.1, 0.15) is 13.8 Å². The van der Waals surface area contributed by atoms with Gasteiger partial charge in [-0.15, -0.1) is 0 Å². The Balaban J connectivity index is 3.26. The van der Waals surface area contributed by atoms with E-state index in [2.05, 4.69) is 5.32 Å². The van der Waals surface area contributed by atoms with Crippen molar-refractivity contribution in [2.45, 2.75) is 19.9 Å². The van der Waals surface area contributed by atoms with Crippen LogP contribution >= 0.6 is 21.6 Å². The van der Waals surface area contributed by atoms with Gasteiger partial charge in [-0.05, 0) is 20.1 Å². The second-order valence-corrected chi connectivity index (χ2v) is 4.72. The van der Waals surface area contributed by atoms with Gasteiger partial charge in [0.2, 0.25) is 5.91 Å². The van der Waals surface area contributed by atoms with E-state index in [0.717, 1.165) is 0 Å². The molecule has 0 saturated carbocycles. The van der Waals surface area contributed by atoms with Crippen LogP contribution in [0, 0.1) is 0 Å². The molecule has 2 nitrogen and oxygen atoms in total. The lowest BCUT2D eigenvalue weighted by atomic mass is 10.4. The summed E-state index contributed by atoms with van der Waals surface area (Å²) in [5, 5.41) is 2.80. The van der Waals surface area contributed by atoms with Gasteiger partial charge in [-0.2, -0.15) is 0 Å². The Kier molecular flexibility index (Phi) is 6.02. The molecule has 0 atom stereocenters. The van der Waals surface area contributed by atoms with Gasteiger partial charge in [0.1, 0.15) is 0 Å². The number of rotatable bonds is 4. The predicted molar refractivity (Wildman–Crippen MR) is 49.3 cm³/mol. The van der Waals surface area contributed by atoms with E-state index in [1.54, 1.807) is 21.6 Å². The fourth-order valence-electron chi connectivity index (χ4n) is 0.476. The first-order valence-electron chi connectivity index (χ1n) is 3.11. The number of hydrogen-bond donors (Lipinski definition) is 1. The third-order valence-corrected chi connectivity index (χ3v) is 2.43. The fraction of sp³-hybridized carbons (Fsp3) is 0.833. The third kappa shape index (κ3) is 6.29. The Labute approximate surface area is 69.9 Å². The summed E-state index contributed by atoms with van der Waals surface area (Å²) in [6.07, 6.45) is 1.97. The van der Waals surface area contributed by atoms with Crippen LogP contribution in [0.4, 0.5) is 0 Å². The summed E-state index contributed by atoms with van der Waals surface area (Å²) in [4.78, 5) is 10.9. The van der Waals surface area contributed by atoms with Crippen molar-refractivity contribution in [3.8, 4) is 0 Å². The van der Waals surface area contributed by atoms with Crippen LogP contribution in [0.25, 0.3) is 0 Å². The smallest absolute Gasteiger partial charge is 0.231 e. The molecule has 1 amide bonds. The Morgan fingerprint density at radius 2 is 2.20 bits per heavy atom. The van der Waals surface area contributed by atoms with Gasteiger partial charge in [-0.25, -0.2) is 0 Å². The summed E-state index contributed by atoms with van der Waals surface area (Å²) < 4.78 is 0. The Morgan fingerprint density at radius 3 is 2.60 bits per heavy atom. The van der Waals surface area contributed by atoms with Crippen molar-refractivity contribution in [2.24, 2.45) is 0 Å². The molecule has 0 spiro atoms. The summed E-state index contributed by atoms with van der Waals surface area (Å²) in [5.41, 5.74) is 0. The van der Waals surface area contributed by atoms with E-state index < -0.39 is 0 Å². The number of carbonyl (C=O) groups excluding carboxylic acids is 1. The van der Waals surface area contributed by atoms with Crippen molar-refractivity contribution >= 4 is 27.5 Å². The second-order valence-electron chi connectivity index (χ2n) is 2.15. The molecule has 0 aromatic heterocycles. The Hall–Kier alpha value is 0.170. The van der Waals surface area contributed by atoms with Gasteiger partial charge >= 0.3 is 0 Å². The lowest BCUT2D eigenvalue weighted by Gasteiger charge is -2.06. The zero-order chi connectivity index (χ0) is 7.98. The Bertz CT molecular complexity index is 106. The quantitative estimate of drug-likeness (QED) is 0.663. The van der Waals surface area contributed by atoms with Crippen molar-refractivity contribution in [3.05, 3.63) is 0 Å². The first kappa shape index (κ1) is 10.2. The maximum Gasteiger partial charge on any atom is 0.231 e. The van der Waals surface area contributed by atoms with Gasteiger partial charge in [0.15, 0.2) is 0 Å². The van der Waals surface area contributed by atoms with Crippen LogP contribution in [0.15, 0.2) is 0 Å². The number of hydrogen-bond acceptors (Lipinski definition) is 3. The highest BCUT2D eigenvalue weighted by atomic mass is 33.1. The molecule has 0 fully saturated rings. The second kappa shape index (κ2) is 5.92. The highest BCUT2D eigenvalue weighted by molar-refractivity contribution is 8.76. The molecule has 0 aromatic rings. The molecule has 1 N–H and O–H groups in total. The average Bonchev–Trinajstić information content (AvgIpc) is 1.82. The van der Waals surface area contributed by atoms with Crippen LogP contribution < -0.4 is 5.32 Å². The average molecular weight is 179 g/mol. The lowest BCUT2D eigenvalue weighted by Crippen LogP contribution is -2.31. The first-order valence-corrected chi connectivity index (χ1v) is 5.84. The molecule has 60 valence electrons. The van der Waals surface area contributed by atoms with Gasteiger partial charge in [-0.1, -0.05) is 21.6 Å². The maximum atomic E-state index is 10.9. The van der Waals surface area contributed by atoms with Crippen LogP contribution in [0.3, 0.4) is 0 Å². The lowest BCUT2D eigenvalue weighted by molar-refractivity contribution is -0.119. The maximum absolute atomic E-state index is 10.9. The minimum Gasteiger partial charge on any atom is -0.353 e. The molecule has 0 aliphatic carbocycles. The number of carbonyl (C=O) groups is 1. The van der Waals surface area contributed by atoms with Crippen molar-refractivity contribution in [1.82, 2.24) is 5.32 Å². The molecule has 0 radical (unpaired) electrons. The van der Waals surface area contributed by atoms with E-state index in [0.29, 0.717) is 5.75 Å². The third-order valence-electron chi connectivity index (χ3n) is 0.758. The summed E-state index contributed by atoms with van der Waals surface area (Å²) >= 11 is 0. The van der Waals surface area contributed by atoms with E-state index in [9.17, 15) is 4.79 Å². The molecule has 0 aliphatic heterocycles. The molecule has 0 bridgehead atoms. The largest absolute Gasteiger partial charge is 0.353 e. The summed E-state index contributed by atoms with van der Waals surface area (Å²) in [6.45, 7) is 3.92. The van der Waals surface area contributed by atoms with Crippen molar-refractivity contribution in [3.63, 3.8) is 0 Å². The van der Waals surface area contributed by atoms with Gasteiger partial charge in [0, 0.05) is 6.04 Å². The SMILES string of the molecule is CSSCC(=O)NC(C)C. The zero-order valence-electron chi connectivity index (χ0n) is 6.51. The zero-order valence-corrected chi connectivity index (χ0v) is 8.14. The van der Waals surface area contributed by atoms with E-state index in [4.69, 9.17) is 0 Å². The van der Waals surface area contributed by atoms with Crippen LogP contribution in [0.5, 0.6) is 0 Å². The van der Waals surface area contributed by atoms with E-state index >= 15 is 0 Å². The van der Waals surface area contributed by atoms with Gasteiger partial charge in [-0.3, -0.25) is 4.79 Å². The van der Waals surface area contributed by atoms with Crippen LogP contribution in [-0.4, -0.2) is 24.0 Å². The molecule has 0 aromatic carbocycles. The molecular formula is C6H13NOS2. The highest BCUT2D eigenvalue weighted by Crippen LogP contribution is 2.15. The number of nitrogens with one attached hydrogen (secondary N) is 1. The molecule has 0 unspecified atom stereocenters. The van der Waals surface area contributed by atoms with Crippen LogP contribution in [0.2, 0.25) is 0 Å². The summed E-state index contributed by atoms with van der Waals surface area (Å²) in [7, 11) is 3.18. The molecular weight excluding hydrogens is 166 g/mol. The molecule has 10 heavy (non-hydrogen) atoms. The van der Waals surface area contributed by atoms with E-state index in [1.807, 2.05) is 20.1 Å². The van der Waals surface area contributed by atoms with Gasteiger partial charge in [0.25, 0.3) is 0 Å². The summed E-state index contributed by atoms with van der Waals surface area (Å²) in [5.74, 6) is 0.675. The topological polar surface area (TPSA) is 29.1 Å². The molecule has 0 saturated heterocycles. The fourth-order valence-corrected chi connectivity index (χ4v) is 1.46. The van der Waals surface area contributed by atoms with Gasteiger partial charge in [0.05, 0.1) is 5.75 Å². The Morgan fingerprint density at radius 1 is 1.60 bits per heavy atom. The standard InChI is InChI=1S/C6H13NOS2/c1-5(2)7-6(8)4-10-9-3/h5H,4H2,1-3H3,(H,7,8). The molecule has 4 heteroatoms. The van der Waals surface area contributed by atoms with Gasteiger partial charge < -0.3 is 5.32 Å². The van der Waals surface area contributed by atoms with E-state index in [1.165, 1.54) is 0 Å². The van der Waals surface area contributed by atoms with Crippen molar-refractivity contribution in [1.29, 1.82) is 0 Å². The van der Waals surface area contributed by atoms with Crippen molar-refractivity contribution < 1.29 is 4.79 Å².